The minimum Gasteiger partial charge on any atom is -0.307 e. The summed E-state index contributed by atoms with van der Waals surface area (Å²) in [6, 6.07) is 0.667. The minimum absolute atomic E-state index is 0.667. The van der Waals surface area contributed by atoms with Gasteiger partial charge in [0.15, 0.2) is 0 Å². The summed E-state index contributed by atoms with van der Waals surface area (Å²) in [4.78, 5) is 0. The second kappa shape index (κ2) is 5.68. The van der Waals surface area contributed by atoms with E-state index in [1.165, 1.54) is 25.0 Å². The van der Waals surface area contributed by atoms with Crippen LogP contribution in [0.3, 0.4) is 0 Å². The Kier molecular flexibility index (Phi) is 4.23. The van der Waals surface area contributed by atoms with E-state index in [4.69, 9.17) is 0 Å². The smallest absolute Gasteiger partial charge is 0.0738 e. The van der Waals surface area contributed by atoms with Crippen molar-refractivity contribution in [3.8, 4) is 0 Å². The third-order valence-corrected chi connectivity index (χ3v) is 4.51. The molecule has 0 radical (unpaired) electrons. The predicted molar refractivity (Wildman–Crippen MR) is 67.4 cm³/mol. The first-order valence-corrected chi connectivity index (χ1v) is 7.04. The number of rotatable bonds is 5. The molecule has 2 atom stereocenters. The van der Waals surface area contributed by atoms with Crippen molar-refractivity contribution in [1.82, 2.24) is 20.3 Å². The average Bonchev–Trinajstić information content (AvgIpc) is 2.86. The van der Waals surface area contributed by atoms with Gasteiger partial charge in [-0.2, -0.15) is 11.8 Å². The summed E-state index contributed by atoms with van der Waals surface area (Å²) in [6.07, 6.45) is 5.87. The van der Waals surface area contributed by atoms with Gasteiger partial charge < -0.3 is 5.32 Å². The zero-order chi connectivity index (χ0) is 11.4. The summed E-state index contributed by atoms with van der Waals surface area (Å²) in [5.41, 5.74) is 1.16. The van der Waals surface area contributed by atoms with Gasteiger partial charge in [-0.1, -0.05) is 18.6 Å². The Morgan fingerprint density at radius 1 is 1.56 bits per heavy atom. The zero-order valence-corrected chi connectivity index (χ0v) is 10.8. The predicted octanol–water partition coefficient (Wildman–Crippen LogP) is 1.58. The summed E-state index contributed by atoms with van der Waals surface area (Å²) in [6.45, 7) is 3.13. The average molecular weight is 240 g/mol. The lowest BCUT2D eigenvalue weighted by Gasteiger charge is -2.19. The van der Waals surface area contributed by atoms with Gasteiger partial charge >= 0.3 is 0 Å². The van der Waals surface area contributed by atoms with Crippen LogP contribution in [0, 0.1) is 0 Å². The first kappa shape index (κ1) is 11.9. The van der Waals surface area contributed by atoms with Crippen LogP contribution in [0.25, 0.3) is 0 Å². The number of nitrogens with zero attached hydrogens (tertiary/aromatic N) is 3. The molecule has 1 saturated carbocycles. The maximum Gasteiger partial charge on any atom is 0.0738 e. The highest BCUT2D eigenvalue weighted by Crippen LogP contribution is 2.29. The largest absolute Gasteiger partial charge is 0.307 e. The highest BCUT2D eigenvalue weighted by atomic mass is 32.2. The number of aromatic nitrogens is 3. The standard InChI is InChI=1S/C11H20N4S/c1-3-16-11-6-4-5-10(11)12-7-9-8-13-14-15(9)2/h8,10-12H,3-7H2,1-2H3. The molecule has 0 bridgehead atoms. The van der Waals surface area contributed by atoms with Gasteiger partial charge in [-0.25, -0.2) is 0 Å². The monoisotopic (exact) mass is 240 g/mol. The van der Waals surface area contributed by atoms with E-state index in [0.29, 0.717) is 6.04 Å². The van der Waals surface area contributed by atoms with Crippen LogP contribution in [-0.4, -0.2) is 32.0 Å². The van der Waals surface area contributed by atoms with Gasteiger partial charge in [-0.15, -0.1) is 5.10 Å². The fraction of sp³-hybridized carbons (Fsp3) is 0.818. The van der Waals surface area contributed by atoms with E-state index in [0.717, 1.165) is 17.5 Å². The Morgan fingerprint density at radius 3 is 3.12 bits per heavy atom. The first-order valence-electron chi connectivity index (χ1n) is 5.99. The van der Waals surface area contributed by atoms with Crippen LogP contribution < -0.4 is 5.32 Å². The fourth-order valence-electron chi connectivity index (χ4n) is 2.28. The normalized spacial score (nSPS) is 25.1. The van der Waals surface area contributed by atoms with E-state index < -0.39 is 0 Å². The summed E-state index contributed by atoms with van der Waals surface area (Å²) in [7, 11) is 1.94. The van der Waals surface area contributed by atoms with Crippen molar-refractivity contribution in [2.45, 2.75) is 44.0 Å². The van der Waals surface area contributed by atoms with Gasteiger partial charge in [0.05, 0.1) is 11.9 Å². The van der Waals surface area contributed by atoms with Gasteiger partial charge in [-0.05, 0) is 18.6 Å². The van der Waals surface area contributed by atoms with Gasteiger partial charge in [0.2, 0.25) is 0 Å². The fourth-order valence-corrected chi connectivity index (χ4v) is 3.51. The molecule has 2 rings (SSSR count). The second-order valence-electron chi connectivity index (χ2n) is 4.26. The van der Waals surface area contributed by atoms with E-state index in [1.54, 1.807) is 0 Å². The summed E-state index contributed by atoms with van der Waals surface area (Å²) in [5.74, 6) is 1.22. The molecule has 5 heteroatoms. The van der Waals surface area contributed by atoms with Crippen LogP contribution >= 0.6 is 11.8 Å². The van der Waals surface area contributed by atoms with Gasteiger partial charge in [0, 0.05) is 24.9 Å². The van der Waals surface area contributed by atoms with Crippen LogP contribution in [0.4, 0.5) is 0 Å². The zero-order valence-electron chi connectivity index (χ0n) is 10.0. The lowest BCUT2D eigenvalue weighted by Crippen LogP contribution is -2.34. The molecule has 0 spiro atoms. The number of hydrogen-bond donors (Lipinski definition) is 1. The van der Waals surface area contributed by atoms with Crippen molar-refractivity contribution in [2.75, 3.05) is 5.75 Å². The molecule has 0 amide bonds. The summed E-state index contributed by atoms with van der Waals surface area (Å²) < 4.78 is 1.84. The van der Waals surface area contributed by atoms with E-state index in [-0.39, 0.29) is 0 Å². The molecule has 1 N–H and O–H groups in total. The van der Waals surface area contributed by atoms with Crippen molar-refractivity contribution < 1.29 is 0 Å². The topological polar surface area (TPSA) is 42.7 Å². The van der Waals surface area contributed by atoms with E-state index in [2.05, 4.69) is 34.3 Å². The Labute approximate surface area is 101 Å². The van der Waals surface area contributed by atoms with Crippen LogP contribution in [0.1, 0.15) is 31.9 Å². The van der Waals surface area contributed by atoms with Crippen molar-refractivity contribution in [1.29, 1.82) is 0 Å². The van der Waals surface area contributed by atoms with Crippen LogP contribution in [0.15, 0.2) is 6.20 Å². The highest BCUT2D eigenvalue weighted by molar-refractivity contribution is 7.99. The lowest BCUT2D eigenvalue weighted by atomic mass is 10.2. The first-order chi connectivity index (χ1) is 7.81. The minimum atomic E-state index is 0.667. The molecule has 1 aromatic heterocycles. The van der Waals surface area contributed by atoms with Crippen LogP contribution in [0.2, 0.25) is 0 Å². The number of hydrogen-bond acceptors (Lipinski definition) is 4. The molecule has 1 aliphatic rings. The molecule has 1 fully saturated rings. The lowest BCUT2D eigenvalue weighted by molar-refractivity contribution is 0.513. The third-order valence-electron chi connectivity index (χ3n) is 3.19. The molecule has 1 heterocycles. The van der Waals surface area contributed by atoms with Gasteiger partial charge in [0.1, 0.15) is 0 Å². The van der Waals surface area contributed by atoms with Gasteiger partial charge in [0.25, 0.3) is 0 Å². The highest BCUT2D eigenvalue weighted by Gasteiger charge is 2.26. The van der Waals surface area contributed by atoms with Crippen LogP contribution in [-0.2, 0) is 13.6 Å². The van der Waals surface area contributed by atoms with Crippen molar-refractivity contribution in [3.63, 3.8) is 0 Å². The molecule has 4 nitrogen and oxygen atoms in total. The maximum absolute atomic E-state index is 3.94. The Morgan fingerprint density at radius 2 is 2.44 bits per heavy atom. The molecule has 0 aromatic carbocycles. The molecule has 1 aliphatic carbocycles. The van der Waals surface area contributed by atoms with Crippen molar-refractivity contribution in [2.24, 2.45) is 7.05 Å². The van der Waals surface area contributed by atoms with E-state index in [9.17, 15) is 0 Å². The van der Waals surface area contributed by atoms with Gasteiger partial charge in [-0.3, -0.25) is 4.68 Å². The molecule has 2 unspecified atom stereocenters. The number of aryl methyl sites for hydroxylation is 1. The Hall–Kier alpha value is -0.550. The molecular formula is C11H20N4S. The molecule has 90 valence electrons. The van der Waals surface area contributed by atoms with Crippen LogP contribution in [0.5, 0.6) is 0 Å². The van der Waals surface area contributed by atoms with Crippen molar-refractivity contribution >= 4 is 11.8 Å². The summed E-state index contributed by atoms with van der Waals surface area (Å²) >= 11 is 2.09. The molecule has 16 heavy (non-hydrogen) atoms. The maximum atomic E-state index is 3.94. The number of thioether (sulfide) groups is 1. The molecular weight excluding hydrogens is 220 g/mol. The van der Waals surface area contributed by atoms with E-state index in [1.807, 2.05) is 17.9 Å². The quantitative estimate of drug-likeness (QED) is 0.848. The van der Waals surface area contributed by atoms with Crippen molar-refractivity contribution in [3.05, 3.63) is 11.9 Å². The SMILES string of the molecule is CCSC1CCCC1NCc1cnnn1C. The van der Waals surface area contributed by atoms with E-state index >= 15 is 0 Å². The third kappa shape index (κ3) is 2.77. The molecule has 0 saturated heterocycles. The summed E-state index contributed by atoms with van der Waals surface area (Å²) in [5, 5.41) is 12.3. The number of nitrogens with one attached hydrogen (secondary N) is 1. The molecule has 1 aromatic rings. The second-order valence-corrected chi connectivity index (χ2v) is 5.78. The molecule has 0 aliphatic heterocycles. The Balaban J connectivity index is 1.83. The Bertz CT molecular complexity index is 326.